The van der Waals surface area contributed by atoms with Crippen molar-refractivity contribution >= 4 is 5.91 Å². The minimum atomic E-state index is -0.234. The quantitative estimate of drug-likeness (QED) is 0.784. The summed E-state index contributed by atoms with van der Waals surface area (Å²) in [4.78, 5) is 12.3. The molecule has 1 aromatic heterocycles. The molecule has 1 N–H and O–H groups in total. The first kappa shape index (κ1) is 15.9. The van der Waals surface area contributed by atoms with Gasteiger partial charge < -0.3 is 5.32 Å². The van der Waals surface area contributed by atoms with Crippen LogP contribution in [0.1, 0.15) is 41.5 Å². The summed E-state index contributed by atoms with van der Waals surface area (Å²) in [5, 5.41) is 11.0. The van der Waals surface area contributed by atoms with E-state index in [4.69, 9.17) is 0 Å². The monoisotopic (exact) mass is 320 g/mol. The molecule has 0 radical (unpaired) electrons. The van der Waals surface area contributed by atoms with Gasteiger partial charge in [0.15, 0.2) is 5.69 Å². The summed E-state index contributed by atoms with van der Waals surface area (Å²) in [6.07, 6.45) is 2.64. The molecule has 3 aromatic rings. The minimum Gasteiger partial charge on any atom is -0.344 e. The first-order chi connectivity index (χ1) is 11.7. The highest BCUT2D eigenvalue weighted by molar-refractivity contribution is 5.92. The highest BCUT2D eigenvalue weighted by atomic mass is 16.2. The van der Waals surface area contributed by atoms with Gasteiger partial charge in [0.25, 0.3) is 5.91 Å². The predicted molar refractivity (Wildman–Crippen MR) is 93.1 cm³/mol. The Morgan fingerprint density at radius 3 is 2.50 bits per heavy atom. The van der Waals surface area contributed by atoms with Crippen LogP contribution in [-0.2, 0) is 6.42 Å². The Morgan fingerprint density at radius 1 is 1.12 bits per heavy atom. The first-order valence-corrected chi connectivity index (χ1v) is 8.05. The minimum absolute atomic E-state index is 0.0901. The van der Waals surface area contributed by atoms with E-state index in [-0.39, 0.29) is 11.9 Å². The molecule has 1 atom stereocenters. The van der Waals surface area contributed by atoms with Crippen LogP contribution in [-0.4, -0.2) is 20.9 Å². The molecule has 5 nitrogen and oxygen atoms in total. The Balaban J connectivity index is 1.71. The fourth-order valence-electron chi connectivity index (χ4n) is 2.47. The molecule has 0 fully saturated rings. The van der Waals surface area contributed by atoms with Gasteiger partial charge in [0, 0.05) is 0 Å². The van der Waals surface area contributed by atoms with Gasteiger partial charge in [0.05, 0.1) is 17.9 Å². The zero-order valence-electron chi connectivity index (χ0n) is 13.8. The van der Waals surface area contributed by atoms with Crippen LogP contribution in [0.4, 0.5) is 0 Å². The maximum absolute atomic E-state index is 12.3. The number of carbonyl (C=O) groups is 1. The van der Waals surface area contributed by atoms with Crippen molar-refractivity contribution in [3.8, 4) is 5.69 Å². The lowest BCUT2D eigenvalue weighted by molar-refractivity contribution is 0.0935. The zero-order valence-corrected chi connectivity index (χ0v) is 13.8. The van der Waals surface area contributed by atoms with Crippen molar-refractivity contribution in [2.24, 2.45) is 0 Å². The molecule has 0 aliphatic heterocycles. The Kier molecular flexibility index (Phi) is 4.70. The van der Waals surface area contributed by atoms with Crippen molar-refractivity contribution in [2.75, 3.05) is 0 Å². The number of carbonyl (C=O) groups excluding carboxylic acids is 1. The van der Waals surface area contributed by atoms with Crippen LogP contribution in [0.5, 0.6) is 0 Å². The van der Waals surface area contributed by atoms with Crippen molar-refractivity contribution in [3.05, 3.63) is 77.6 Å². The lowest BCUT2D eigenvalue weighted by Gasteiger charge is -2.12. The fourth-order valence-corrected chi connectivity index (χ4v) is 2.47. The predicted octanol–water partition coefficient (Wildman–Crippen LogP) is 3.32. The van der Waals surface area contributed by atoms with E-state index in [1.807, 2.05) is 61.5 Å². The summed E-state index contributed by atoms with van der Waals surface area (Å²) in [6, 6.07) is 17.8. The number of nitrogens with one attached hydrogen (secondary N) is 1. The van der Waals surface area contributed by atoms with E-state index in [9.17, 15) is 4.79 Å². The molecule has 0 saturated carbocycles. The fraction of sp³-hybridized carbons (Fsp3) is 0.211. The molecule has 1 heterocycles. The van der Waals surface area contributed by atoms with Crippen LogP contribution in [0.15, 0.2) is 60.8 Å². The van der Waals surface area contributed by atoms with Gasteiger partial charge in [0.1, 0.15) is 0 Å². The van der Waals surface area contributed by atoms with E-state index >= 15 is 0 Å². The van der Waals surface area contributed by atoms with Gasteiger partial charge in [-0.05, 0) is 36.6 Å². The zero-order chi connectivity index (χ0) is 16.9. The standard InChI is InChI=1S/C19H20N4O/c1-3-15-9-11-17(12-10-15)23-13-18(21-22-23)19(24)20-14(2)16-7-5-4-6-8-16/h4-14H,3H2,1-2H3,(H,20,24)/t14-/m0/s1. The molecule has 0 saturated heterocycles. The van der Waals surface area contributed by atoms with Gasteiger partial charge in [-0.25, -0.2) is 4.68 Å². The van der Waals surface area contributed by atoms with Crippen LogP contribution in [0.2, 0.25) is 0 Å². The molecular weight excluding hydrogens is 300 g/mol. The van der Waals surface area contributed by atoms with E-state index in [2.05, 4.69) is 22.6 Å². The molecule has 0 aliphatic rings. The van der Waals surface area contributed by atoms with Crippen molar-refractivity contribution in [2.45, 2.75) is 26.3 Å². The number of amides is 1. The lowest BCUT2D eigenvalue weighted by Crippen LogP contribution is -2.26. The van der Waals surface area contributed by atoms with Crippen molar-refractivity contribution in [1.82, 2.24) is 20.3 Å². The second-order valence-electron chi connectivity index (χ2n) is 5.67. The van der Waals surface area contributed by atoms with E-state index in [0.717, 1.165) is 17.7 Å². The second-order valence-corrected chi connectivity index (χ2v) is 5.67. The van der Waals surface area contributed by atoms with Crippen molar-refractivity contribution in [3.63, 3.8) is 0 Å². The van der Waals surface area contributed by atoms with Crippen LogP contribution in [0.25, 0.3) is 5.69 Å². The van der Waals surface area contributed by atoms with E-state index in [0.29, 0.717) is 5.69 Å². The Bertz CT molecular complexity index is 809. The maximum Gasteiger partial charge on any atom is 0.273 e. The summed E-state index contributed by atoms with van der Waals surface area (Å²) in [5.74, 6) is -0.234. The number of hydrogen-bond donors (Lipinski definition) is 1. The average Bonchev–Trinajstić information content (AvgIpc) is 3.13. The lowest BCUT2D eigenvalue weighted by atomic mass is 10.1. The van der Waals surface area contributed by atoms with Crippen LogP contribution in [0, 0.1) is 0 Å². The maximum atomic E-state index is 12.3. The summed E-state index contributed by atoms with van der Waals surface area (Å²) in [5.41, 5.74) is 3.49. The number of aromatic nitrogens is 3. The SMILES string of the molecule is CCc1ccc(-n2cc(C(=O)N[C@@H](C)c3ccccc3)nn2)cc1. The average molecular weight is 320 g/mol. The molecule has 3 rings (SSSR count). The number of nitrogens with zero attached hydrogens (tertiary/aromatic N) is 3. The number of benzene rings is 2. The molecule has 0 aliphatic carbocycles. The summed E-state index contributed by atoms with van der Waals surface area (Å²) in [6.45, 7) is 4.06. The van der Waals surface area contributed by atoms with Crippen LogP contribution < -0.4 is 5.32 Å². The molecule has 122 valence electrons. The smallest absolute Gasteiger partial charge is 0.273 e. The third-order valence-electron chi connectivity index (χ3n) is 3.98. The molecular formula is C19H20N4O. The normalized spacial score (nSPS) is 11.9. The summed E-state index contributed by atoms with van der Waals surface area (Å²) < 4.78 is 1.61. The molecule has 0 bridgehead atoms. The van der Waals surface area contributed by atoms with E-state index in [1.54, 1.807) is 10.9 Å². The first-order valence-electron chi connectivity index (χ1n) is 8.05. The van der Waals surface area contributed by atoms with Gasteiger partial charge in [-0.2, -0.15) is 0 Å². The number of aryl methyl sites for hydroxylation is 1. The second kappa shape index (κ2) is 7.08. The summed E-state index contributed by atoms with van der Waals surface area (Å²) >= 11 is 0. The van der Waals surface area contributed by atoms with Crippen LogP contribution >= 0.6 is 0 Å². The molecule has 0 spiro atoms. The molecule has 24 heavy (non-hydrogen) atoms. The third-order valence-corrected chi connectivity index (χ3v) is 3.98. The Morgan fingerprint density at radius 2 is 1.83 bits per heavy atom. The van der Waals surface area contributed by atoms with Gasteiger partial charge >= 0.3 is 0 Å². The topological polar surface area (TPSA) is 59.8 Å². The van der Waals surface area contributed by atoms with Gasteiger partial charge in [-0.3, -0.25) is 4.79 Å². The molecule has 1 amide bonds. The number of hydrogen-bond acceptors (Lipinski definition) is 3. The van der Waals surface area contributed by atoms with Gasteiger partial charge in [-0.1, -0.05) is 54.6 Å². The summed E-state index contributed by atoms with van der Waals surface area (Å²) in [7, 11) is 0. The van der Waals surface area contributed by atoms with E-state index < -0.39 is 0 Å². The van der Waals surface area contributed by atoms with E-state index in [1.165, 1.54) is 5.56 Å². The molecule has 5 heteroatoms. The van der Waals surface area contributed by atoms with Crippen molar-refractivity contribution in [1.29, 1.82) is 0 Å². The van der Waals surface area contributed by atoms with Gasteiger partial charge in [0.2, 0.25) is 0 Å². The third kappa shape index (κ3) is 3.51. The highest BCUT2D eigenvalue weighted by Gasteiger charge is 2.15. The number of rotatable bonds is 5. The molecule has 0 unspecified atom stereocenters. The Labute approximate surface area is 141 Å². The molecule has 2 aromatic carbocycles. The highest BCUT2D eigenvalue weighted by Crippen LogP contribution is 2.13. The van der Waals surface area contributed by atoms with Crippen LogP contribution in [0.3, 0.4) is 0 Å². The largest absolute Gasteiger partial charge is 0.344 e. The Hall–Kier alpha value is -2.95. The van der Waals surface area contributed by atoms with Gasteiger partial charge in [-0.15, -0.1) is 5.10 Å². The van der Waals surface area contributed by atoms with Crippen molar-refractivity contribution < 1.29 is 4.79 Å².